The molecule has 2 unspecified atom stereocenters. The maximum atomic E-state index is 13.4. The number of fused-ring (bicyclic) bond motifs is 2. The van der Waals surface area contributed by atoms with Gasteiger partial charge in [0.05, 0.1) is 26.4 Å². The Morgan fingerprint density at radius 2 is 0.761 bits per heavy atom. The normalized spacial score (nSPS) is 12.6. The first-order chi connectivity index (χ1) is 22.3. The maximum absolute atomic E-state index is 13.4. The third-order valence-electron chi connectivity index (χ3n) is 8.20. The Morgan fingerprint density at radius 3 is 1.09 bits per heavy atom. The first-order valence-electron chi connectivity index (χ1n) is 16.0. The van der Waals surface area contributed by atoms with E-state index in [1.165, 1.54) is 0 Å². The molecule has 4 aromatic rings. The Labute approximate surface area is 270 Å². The highest BCUT2D eigenvalue weighted by atomic mass is 16.6. The van der Waals surface area contributed by atoms with Gasteiger partial charge in [0, 0.05) is 0 Å². The van der Waals surface area contributed by atoms with Gasteiger partial charge in [-0.15, -0.1) is 0 Å². The van der Waals surface area contributed by atoms with Crippen LogP contribution in [0.3, 0.4) is 0 Å². The van der Waals surface area contributed by atoms with Gasteiger partial charge in [-0.3, -0.25) is 19.2 Å². The van der Waals surface area contributed by atoms with Crippen LogP contribution in [-0.4, -0.2) is 50.3 Å². The van der Waals surface area contributed by atoms with Crippen LogP contribution in [0.4, 0.5) is 0 Å². The second-order valence-electron chi connectivity index (χ2n) is 10.9. The summed E-state index contributed by atoms with van der Waals surface area (Å²) >= 11 is 0. The van der Waals surface area contributed by atoms with Gasteiger partial charge in [0.2, 0.25) is 0 Å². The molecule has 0 heterocycles. The molecule has 0 aliphatic rings. The van der Waals surface area contributed by atoms with Crippen molar-refractivity contribution in [2.24, 2.45) is 11.8 Å². The molecule has 0 radical (unpaired) electrons. The van der Waals surface area contributed by atoms with Gasteiger partial charge in [0.15, 0.2) is 11.8 Å². The van der Waals surface area contributed by atoms with Crippen LogP contribution in [0.2, 0.25) is 0 Å². The Balaban J connectivity index is 2.02. The average Bonchev–Trinajstić information content (AvgIpc) is 3.06. The second kappa shape index (κ2) is 16.5. The lowest BCUT2D eigenvalue weighted by atomic mass is 9.71. The molecule has 0 spiro atoms. The Kier molecular flexibility index (Phi) is 12.3. The van der Waals surface area contributed by atoms with E-state index in [1.54, 1.807) is 27.7 Å². The Morgan fingerprint density at radius 1 is 0.457 bits per heavy atom. The number of rotatable bonds is 15. The zero-order chi connectivity index (χ0) is 33.1. The van der Waals surface area contributed by atoms with Crippen molar-refractivity contribution < 1.29 is 38.1 Å². The molecule has 0 aliphatic heterocycles. The summed E-state index contributed by atoms with van der Waals surface area (Å²) in [7, 11) is 0. The molecular formula is C38H42O8. The van der Waals surface area contributed by atoms with Crippen LogP contribution < -0.4 is 0 Å². The van der Waals surface area contributed by atoms with E-state index in [0.717, 1.165) is 32.7 Å². The molecule has 0 fully saturated rings. The minimum absolute atomic E-state index is 0.0118. The van der Waals surface area contributed by atoms with Crippen molar-refractivity contribution in [1.82, 2.24) is 0 Å². The SMILES string of the molecule is CCOC(=O)C(CC(c1cccc2ccccc12)C(CC(C(=O)OCC)C(=O)OCC)c1cccc2ccccc12)C(=O)OCC. The van der Waals surface area contributed by atoms with Crippen LogP contribution in [0.5, 0.6) is 0 Å². The molecule has 0 aliphatic carbocycles. The van der Waals surface area contributed by atoms with E-state index in [-0.39, 0.29) is 39.3 Å². The predicted octanol–water partition coefficient (Wildman–Crippen LogP) is 7.13. The van der Waals surface area contributed by atoms with Gasteiger partial charge >= 0.3 is 23.9 Å². The number of hydrogen-bond donors (Lipinski definition) is 0. The summed E-state index contributed by atoms with van der Waals surface area (Å²) in [4.78, 5) is 53.6. The molecule has 8 nitrogen and oxygen atoms in total. The molecule has 8 heteroatoms. The lowest BCUT2D eigenvalue weighted by Gasteiger charge is -2.33. The van der Waals surface area contributed by atoms with E-state index >= 15 is 0 Å². The third kappa shape index (κ3) is 7.91. The topological polar surface area (TPSA) is 105 Å². The van der Waals surface area contributed by atoms with Crippen molar-refractivity contribution in [3.63, 3.8) is 0 Å². The second-order valence-corrected chi connectivity index (χ2v) is 10.9. The van der Waals surface area contributed by atoms with Gasteiger partial charge < -0.3 is 18.9 Å². The van der Waals surface area contributed by atoms with E-state index in [9.17, 15) is 19.2 Å². The molecule has 4 rings (SSSR count). The lowest BCUT2D eigenvalue weighted by Crippen LogP contribution is -2.34. The summed E-state index contributed by atoms with van der Waals surface area (Å²) in [5.41, 5.74) is 1.72. The first kappa shape index (κ1) is 34.2. The summed E-state index contributed by atoms with van der Waals surface area (Å²) in [6, 6.07) is 27.6. The van der Waals surface area contributed by atoms with Crippen LogP contribution in [0.1, 0.15) is 63.5 Å². The van der Waals surface area contributed by atoms with Gasteiger partial charge in [-0.1, -0.05) is 84.9 Å². The van der Waals surface area contributed by atoms with Gasteiger partial charge in [-0.2, -0.15) is 0 Å². The number of esters is 4. The summed E-state index contributed by atoms with van der Waals surface area (Å²) in [6.07, 6.45) is 0.0237. The highest BCUT2D eigenvalue weighted by Crippen LogP contribution is 2.46. The van der Waals surface area contributed by atoms with Gasteiger partial charge in [0.25, 0.3) is 0 Å². The third-order valence-corrected chi connectivity index (χ3v) is 8.20. The fourth-order valence-corrected chi connectivity index (χ4v) is 6.22. The smallest absolute Gasteiger partial charge is 0.320 e. The van der Waals surface area contributed by atoms with E-state index in [0.29, 0.717) is 0 Å². The fraction of sp³-hybridized carbons (Fsp3) is 0.368. The molecule has 2 atom stereocenters. The van der Waals surface area contributed by atoms with Gasteiger partial charge in [-0.05, 0) is 85.0 Å². The van der Waals surface area contributed by atoms with Crippen molar-refractivity contribution in [2.45, 2.75) is 52.4 Å². The Bertz CT molecular complexity index is 1490. The molecule has 0 saturated carbocycles. The van der Waals surface area contributed by atoms with Crippen LogP contribution >= 0.6 is 0 Å². The zero-order valence-electron chi connectivity index (χ0n) is 26.9. The molecule has 0 amide bonds. The number of carbonyl (C=O) groups excluding carboxylic acids is 4. The largest absolute Gasteiger partial charge is 0.465 e. The van der Waals surface area contributed by atoms with E-state index < -0.39 is 47.5 Å². The zero-order valence-corrected chi connectivity index (χ0v) is 26.9. The minimum Gasteiger partial charge on any atom is -0.465 e. The first-order valence-corrected chi connectivity index (χ1v) is 16.0. The molecule has 0 bridgehead atoms. The number of carbonyl (C=O) groups is 4. The molecule has 46 heavy (non-hydrogen) atoms. The van der Waals surface area contributed by atoms with Crippen LogP contribution in [-0.2, 0) is 38.1 Å². The van der Waals surface area contributed by atoms with Crippen molar-refractivity contribution in [3.05, 3.63) is 96.1 Å². The standard InChI is InChI=1S/C38H42O8/c1-5-43-35(39)33(36(40)44-6-2)23-31(29-21-13-17-25-15-9-11-19-27(25)29)32(24-34(37(41)45-7-3)38(42)46-8-4)30-22-14-18-26-16-10-12-20-28(26)30/h9-22,31-34H,5-8,23-24H2,1-4H3. The number of benzene rings is 4. The van der Waals surface area contributed by atoms with Crippen molar-refractivity contribution in [3.8, 4) is 0 Å². The lowest BCUT2D eigenvalue weighted by molar-refractivity contribution is -0.164. The predicted molar refractivity (Wildman–Crippen MR) is 176 cm³/mol. The Hall–Kier alpha value is -4.72. The van der Waals surface area contributed by atoms with E-state index in [1.807, 2.05) is 84.9 Å². The van der Waals surface area contributed by atoms with E-state index in [4.69, 9.17) is 18.9 Å². The van der Waals surface area contributed by atoms with Crippen molar-refractivity contribution in [2.75, 3.05) is 26.4 Å². The number of hydrogen-bond acceptors (Lipinski definition) is 8. The quantitative estimate of drug-likeness (QED) is 0.0780. The van der Waals surface area contributed by atoms with Crippen LogP contribution in [0, 0.1) is 11.8 Å². The highest BCUT2D eigenvalue weighted by molar-refractivity contribution is 5.96. The summed E-state index contributed by atoms with van der Waals surface area (Å²) in [5, 5.41) is 3.79. The molecular weight excluding hydrogens is 584 g/mol. The van der Waals surface area contributed by atoms with Crippen LogP contribution in [0.15, 0.2) is 84.9 Å². The molecule has 0 saturated heterocycles. The fourth-order valence-electron chi connectivity index (χ4n) is 6.22. The van der Waals surface area contributed by atoms with Crippen LogP contribution in [0.25, 0.3) is 21.5 Å². The highest BCUT2D eigenvalue weighted by Gasteiger charge is 2.41. The maximum Gasteiger partial charge on any atom is 0.320 e. The number of ether oxygens (including phenoxy) is 4. The molecule has 242 valence electrons. The van der Waals surface area contributed by atoms with Gasteiger partial charge in [0.1, 0.15) is 0 Å². The van der Waals surface area contributed by atoms with Crippen molar-refractivity contribution >= 4 is 45.4 Å². The average molecular weight is 627 g/mol. The van der Waals surface area contributed by atoms with Crippen molar-refractivity contribution in [1.29, 1.82) is 0 Å². The molecule has 0 N–H and O–H groups in total. The van der Waals surface area contributed by atoms with Gasteiger partial charge in [-0.25, -0.2) is 0 Å². The summed E-state index contributed by atoms with van der Waals surface area (Å²) in [5.74, 6) is -6.34. The van der Waals surface area contributed by atoms with E-state index in [2.05, 4.69) is 0 Å². The minimum atomic E-state index is -1.25. The molecule has 4 aromatic carbocycles. The molecule has 0 aromatic heterocycles. The summed E-state index contributed by atoms with van der Waals surface area (Å²) in [6.45, 7) is 7.11. The monoisotopic (exact) mass is 626 g/mol. The summed E-state index contributed by atoms with van der Waals surface area (Å²) < 4.78 is 21.5.